The number of aromatic nitrogens is 2. The zero-order valence-corrected chi connectivity index (χ0v) is 9.50. The van der Waals surface area contributed by atoms with Crippen molar-refractivity contribution in [1.29, 1.82) is 0 Å². The zero-order chi connectivity index (χ0) is 12.3. The summed E-state index contributed by atoms with van der Waals surface area (Å²) < 4.78 is 5.11. The van der Waals surface area contributed by atoms with E-state index < -0.39 is 5.97 Å². The SMILES string of the molecule is C=CCN(CC(=O)O)Cc1noc(C2CC2)n1. The van der Waals surface area contributed by atoms with Crippen LogP contribution in [0.3, 0.4) is 0 Å². The maximum Gasteiger partial charge on any atom is 0.317 e. The summed E-state index contributed by atoms with van der Waals surface area (Å²) in [6.45, 7) is 4.39. The van der Waals surface area contributed by atoms with Gasteiger partial charge in [0, 0.05) is 12.5 Å². The van der Waals surface area contributed by atoms with Crippen LogP contribution in [-0.2, 0) is 11.3 Å². The second kappa shape index (κ2) is 5.09. The number of carbonyl (C=O) groups is 1. The van der Waals surface area contributed by atoms with Gasteiger partial charge in [0.05, 0.1) is 13.1 Å². The van der Waals surface area contributed by atoms with Gasteiger partial charge in [-0.05, 0) is 12.8 Å². The van der Waals surface area contributed by atoms with Crippen LogP contribution in [0.1, 0.15) is 30.5 Å². The van der Waals surface area contributed by atoms with Gasteiger partial charge in [0.1, 0.15) is 0 Å². The van der Waals surface area contributed by atoms with Gasteiger partial charge in [0.2, 0.25) is 5.89 Å². The smallest absolute Gasteiger partial charge is 0.317 e. The molecule has 17 heavy (non-hydrogen) atoms. The Kier molecular flexibility index (Phi) is 3.53. The maximum absolute atomic E-state index is 10.7. The Balaban J connectivity index is 1.94. The van der Waals surface area contributed by atoms with Gasteiger partial charge in [-0.3, -0.25) is 9.69 Å². The van der Waals surface area contributed by atoms with Gasteiger partial charge in [-0.15, -0.1) is 6.58 Å². The van der Waals surface area contributed by atoms with Crippen molar-refractivity contribution in [3.8, 4) is 0 Å². The molecule has 0 saturated heterocycles. The molecular weight excluding hydrogens is 222 g/mol. The number of hydrogen-bond acceptors (Lipinski definition) is 5. The summed E-state index contributed by atoms with van der Waals surface area (Å²) in [4.78, 5) is 16.6. The standard InChI is InChI=1S/C11H15N3O3/c1-2-5-14(7-10(15)16)6-9-12-11(17-13-9)8-3-4-8/h2,8H,1,3-7H2,(H,15,16). The minimum absolute atomic E-state index is 0.0562. The second-order valence-corrected chi connectivity index (χ2v) is 4.18. The van der Waals surface area contributed by atoms with E-state index >= 15 is 0 Å². The van der Waals surface area contributed by atoms with Crippen LogP contribution in [0.25, 0.3) is 0 Å². The molecular formula is C11H15N3O3. The Bertz CT molecular complexity index is 412. The number of hydrogen-bond donors (Lipinski definition) is 1. The van der Waals surface area contributed by atoms with Gasteiger partial charge in [0.25, 0.3) is 0 Å². The zero-order valence-electron chi connectivity index (χ0n) is 9.50. The molecule has 1 heterocycles. The molecule has 1 saturated carbocycles. The Morgan fingerprint density at radius 1 is 1.65 bits per heavy atom. The van der Waals surface area contributed by atoms with E-state index in [1.807, 2.05) is 0 Å². The molecule has 0 spiro atoms. The lowest BCUT2D eigenvalue weighted by Gasteiger charge is -2.15. The average molecular weight is 237 g/mol. The lowest BCUT2D eigenvalue weighted by molar-refractivity contribution is -0.138. The predicted molar refractivity (Wildman–Crippen MR) is 59.4 cm³/mol. The van der Waals surface area contributed by atoms with Crippen LogP contribution in [0.5, 0.6) is 0 Å². The number of carboxylic acids is 1. The van der Waals surface area contributed by atoms with E-state index in [2.05, 4.69) is 16.7 Å². The van der Waals surface area contributed by atoms with Crippen LogP contribution in [-0.4, -0.2) is 39.2 Å². The monoisotopic (exact) mass is 237 g/mol. The van der Waals surface area contributed by atoms with Crippen LogP contribution >= 0.6 is 0 Å². The van der Waals surface area contributed by atoms with E-state index in [1.165, 1.54) is 0 Å². The fourth-order valence-electron chi connectivity index (χ4n) is 1.59. The lowest BCUT2D eigenvalue weighted by atomic mass is 10.4. The van der Waals surface area contributed by atoms with Crippen LogP contribution in [0, 0.1) is 0 Å². The molecule has 0 unspecified atom stereocenters. The Morgan fingerprint density at radius 2 is 2.41 bits per heavy atom. The summed E-state index contributed by atoms with van der Waals surface area (Å²) >= 11 is 0. The molecule has 1 fully saturated rings. The molecule has 1 N–H and O–H groups in total. The van der Waals surface area contributed by atoms with Crippen molar-refractivity contribution in [1.82, 2.24) is 15.0 Å². The van der Waals surface area contributed by atoms with E-state index in [0.717, 1.165) is 12.8 Å². The summed E-state index contributed by atoms with van der Waals surface area (Å²) in [7, 11) is 0. The molecule has 0 radical (unpaired) electrons. The predicted octanol–water partition coefficient (Wildman–Crippen LogP) is 1.02. The van der Waals surface area contributed by atoms with E-state index in [9.17, 15) is 4.79 Å². The lowest BCUT2D eigenvalue weighted by Crippen LogP contribution is -2.29. The Labute approximate surface area is 98.9 Å². The quantitative estimate of drug-likeness (QED) is 0.713. The highest BCUT2D eigenvalue weighted by Gasteiger charge is 2.29. The van der Waals surface area contributed by atoms with Crippen molar-refractivity contribution in [3.63, 3.8) is 0 Å². The number of aliphatic carboxylic acids is 1. The number of carboxylic acid groups (broad SMARTS) is 1. The van der Waals surface area contributed by atoms with Crippen molar-refractivity contribution in [2.75, 3.05) is 13.1 Å². The molecule has 0 bridgehead atoms. The molecule has 0 amide bonds. The maximum atomic E-state index is 10.7. The van der Waals surface area contributed by atoms with Crippen LogP contribution in [0.4, 0.5) is 0 Å². The fourth-order valence-corrected chi connectivity index (χ4v) is 1.59. The summed E-state index contributed by atoms with van der Waals surface area (Å²) in [6.07, 6.45) is 3.87. The fraction of sp³-hybridized carbons (Fsp3) is 0.545. The number of rotatable bonds is 7. The number of nitrogens with zero attached hydrogens (tertiary/aromatic N) is 3. The highest BCUT2D eigenvalue weighted by molar-refractivity contribution is 5.69. The minimum Gasteiger partial charge on any atom is -0.480 e. The van der Waals surface area contributed by atoms with Crippen LogP contribution in [0.15, 0.2) is 17.2 Å². The third kappa shape index (κ3) is 3.39. The van der Waals surface area contributed by atoms with Gasteiger partial charge in [-0.25, -0.2) is 0 Å². The van der Waals surface area contributed by atoms with Crippen molar-refractivity contribution in [2.45, 2.75) is 25.3 Å². The first-order chi connectivity index (χ1) is 8.19. The van der Waals surface area contributed by atoms with Gasteiger partial charge >= 0.3 is 5.97 Å². The normalized spacial score (nSPS) is 15.1. The van der Waals surface area contributed by atoms with Crippen molar-refractivity contribution < 1.29 is 14.4 Å². The molecule has 0 aliphatic heterocycles. The third-order valence-corrected chi connectivity index (χ3v) is 2.52. The van der Waals surface area contributed by atoms with Gasteiger partial charge in [0.15, 0.2) is 5.82 Å². The molecule has 1 aromatic rings. The first-order valence-corrected chi connectivity index (χ1v) is 5.56. The van der Waals surface area contributed by atoms with Crippen LogP contribution < -0.4 is 0 Å². The molecule has 6 heteroatoms. The van der Waals surface area contributed by atoms with Crippen LogP contribution in [0.2, 0.25) is 0 Å². The first kappa shape index (κ1) is 11.8. The summed E-state index contributed by atoms with van der Waals surface area (Å²) in [6, 6.07) is 0. The largest absolute Gasteiger partial charge is 0.480 e. The molecule has 0 atom stereocenters. The minimum atomic E-state index is -0.877. The van der Waals surface area contributed by atoms with Crippen molar-refractivity contribution >= 4 is 5.97 Å². The average Bonchev–Trinajstić information content (AvgIpc) is 3.00. The molecule has 2 rings (SSSR count). The molecule has 92 valence electrons. The molecule has 6 nitrogen and oxygen atoms in total. The van der Waals surface area contributed by atoms with E-state index in [-0.39, 0.29) is 6.54 Å². The summed E-state index contributed by atoms with van der Waals surface area (Å²) in [5, 5.41) is 12.6. The van der Waals surface area contributed by atoms with E-state index in [0.29, 0.717) is 30.7 Å². The second-order valence-electron chi connectivity index (χ2n) is 4.18. The first-order valence-electron chi connectivity index (χ1n) is 5.56. The van der Waals surface area contributed by atoms with Crippen molar-refractivity contribution in [2.24, 2.45) is 0 Å². The summed E-state index contributed by atoms with van der Waals surface area (Å²) in [5.41, 5.74) is 0. The summed E-state index contributed by atoms with van der Waals surface area (Å²) in [5.74, 6) is 0.755. The molecule has 1 aliphatic rings. The Hall–Kier alpha value is -1.69. The third-order valence-electron chi connectivity index (χ3n) is 2.52. The molecule has 0 aromatic carbocycles. The van der Waals surface area contributed by atoms with Gasteiger partial charge < -0.3 is 9.63 Å². The topological polar surface area (TPSA) is 79.5 Å². The van der Waals surface area contributed by atoms with E-state index in [4.69, 9.17) is 9.63 Å². The van der Waals surface area contributed by atoms with E-state index in [1.54, 1.807) is 11.0 Å². The molecule has 1 aliphatic carbocycles. The van der Waals surface area contributed by atoms with Gasteiger partial charge in [-0.2, -0.15) is 4.98 Å². The van der Waals surface area contributed by atoms with Gasteiger partial charge in [-0.1, -0.05) is 11.2 Å². The van der Waals surface area contributed by atoms with Crippen molar-refractivity contribution in [3.05, 3.63) is 24.4 Å². The highest BCUT2D eigenvalue weighted by atomic mass is 16.5. The Morgan fingerprint density at radius 3 is 3.00 bits per heavy atom. The highest BCUT2D eigenvalue weighted by Crippen LogP contribution is 2.38. The molecule has 1 aromatic heterocycles.